The third-order valence-corrected chi connectivity index (χ3v) is 6.57. The average molecular weight is 483 g/mol. The molecule has 0 N–H and O–H groups in total. The third-order valence-electron chi connectivity index (χ3n) is 6.04. The van der Waals surface area contributed by atoms with Crippen molar-refractivity contribution >= 4 is 45.2 Å². The van der Waals surface area contributed by atoms with Crippen molar-refractivity contribution in [3.05, 3.63) is 64.1 Å². The molecule has 3 aliphatic rings. The number of fused-ring (bicyclic) bond motifs is 3. The van der Waals surface area contributed by atoms with Crippen molar-refractivity contribution in [2.45, 2.75) is 37.4 Å². The second-order valence-electron chi connectivity index (χ2n) is 7.98. The lowest BCUT2D eigenvalue weighted by Crippen LogP contribution is -2.69. The molecule has 1 aliphatic carbocycles. The van der Waals surface area contributed by atoms with Crippen LogP contribution in [-0.4, -0.2) is 46.8 Å². The van der Waals surface area contributed by atoms with Crippen molar-refractivity contribution in [2.24, 2.45) is 0 Å². The zero-order valence-electron chi connectivity index (χ0n) is 16.5. The van der Waals surface area contributed by atoms with Gasteiger partial charge in [0.15, 0.2) is 12.4 Å². The largest absolute Gasteiger partial charge is 0.454 e. The molecule has 8 heteroatoms. The highest BCUT2D eigenvalue weighted by Gasteiger charge is 2.64. The van der Waals surface area contributed by atoms with Crippen molar-refractivity contribution in [1.82, 2.24) is 4.90 Å². The van der Waals surface area contributed by atoms with Gasteiger partial charge in [-0.05, 0) is 37.1 Å². The lowest BCUT2D eigenvalue weighted by molar-refractivity contribution is -0.156. The van der Waals surface area contributed by atoms with Gasteiger partial charge in [-0.1, -0.05) is 40.2 Å². The number of carbonyl (C=O) groups is 4. The molecule has 0 radical (unpaired) electrons. The number of para-hydroxylation sites is 1. The zero-order chi connectivity index (χ0) is 21.8. The van der Waals surface area contributed by atoms with Crippen LogP contribution in [0.1, 0.15) is 46.4 Å². The Balaban J connectivity index is 1.48. The first-order valence-electron chi connectivity index (χ1n) is 10.2. The summed E-state index contributed by atoms with van der Waals surface area (Å²) in [5.74, 6) is -1.60. The van der Waals surface area contributed by atoms with Crippen LogP contribution in [0.4, 0.5) is 5.69 Å². The molecule has 158 valence electrons. The van der Waals surface area contributed by atoms with Crippen LogP contribution >= 0.6 is 15.9 Å². The number of esters is 1. The van der Waals surface area contributed by atoms with Gasteiger partial charge in [0.05, 0.1) is 11.3 Å². The van der Waals surface area contributed by atoms with Gasteiger partial charge in [0.1, 0.15) is 0 Å². The molecule has 0 aromatic heterocycles. The molecule has 2 aromatic rings. The van der Waals surface area contributed by atoms with Gasteiger partial charge in [0, 0.05) is 28.9 Å². The summed E-state index contributed by atoms with van der Waals surface area (Å²) in [6.45, 7) is -0.460. The molecule has 2 heterocycles. The molecule has 1 unspecified atom stereocenters. The van der Waals surface area contributed by atoms with Crippen LogP contribution in [0.15, 0.2) is 53.0 Å². The molecule has 2 amide bonds. The fraction of sp³-hybridized carbons (Fsp3) is 0.304. The number of benzene rings is 2. The summed E-state index contributed by atoms with van der Waals surface area (Å²) in [5, 5.41) is 0. The minimum atomic E-state index is -1.54. The number of anilines is 1. The van der Waals surface area contributed by atoms with Gasteiger partial charge in [0.25, 0.3) is 5.91 Å². The Labute approximate surface area is 187 Å². The van der Waals surface area contributed by atoms with E-state index in [2.05, 4.69) is 15.9 Å². The Morgan fingerprint density at radius 2 is 1.77 bits per heavy atom. The average Bonchev–Trinajstić information content (AvgIpc) is 3.54. The molecule has 0 spiro atoms. The summed E-state index contributed by atoms with van der Waals surface area (Å²) < 4.78 is 6.30. The van der Waals surface area contributed by atoms with E-state index >= 15 is 0 Å². The molecule has 31 heavy (non-hydrogen) atoms. The summed E-state index contributed by atoms with van der Waals surface area (Å²) in [6, 6.07) is 13.4. The first-order valence-corrected chi connectivity index (χ1v) is 10.9. The van der Waals surface area contributed by atoms with E-state index in [4.69, 9.17) is 4.74 Å². The highest BCUT2D eigenvalue weighted by Crippen LogP contribution is 2.49. The maximum absolute atomic E-state index is 13.5. The summed E-state index contributed by atoms with van der Waals surface area (Å²) >= 11 is 3.32. The molecule has 7 nitrogen and oxygen atoms in total. The number of carbonyl (C=O) groups excluding carboxylic acids is 4. The van der Waals surface area contributed by atoms with E-state index in [0.29, 0.717) is 16.8 Å². The fourth-order valence-electron chi connectivity index (χ4n) is 4.48. The lowest BCUT2D eigenvalue weighted by Gasteiger charge is -2.48. The number of Topliss-reactive ketones (excluding diaryl/α,β-unsaturated/α-hetero) is 1. The fourth-order valence-corrected chi connectivity index (χ4v) is 4.74. The van der Waals surface area contributed by atoms with E-state index in [1.54, 1.807) is 48.5 Å². The first kappa shape index (κ1) is 19.9. The Kier molecular flexibility index (Phi) is 4.69. The van der Waals surface area contributed by atoms with E-state index < -0.39 is 18.2 Å². The number of rotatable bonds is 5. The first-order chi connectivity index (χ1) is 14.9. The molecule has 2 aromatic carbocycles. The molecule has 1 saturated carbocycles. The van der Waals surface area contributed by atoms with Crippen molar-refractivity contribution in [3.8, 4) is 0 Å². The molecule has 2 fully saturated rings. The van der Waals surface area contributed by atoms with E-state index in [9.17, 15) is 19.2 Å². The molecular formula is C23H19BrN2O5. The number of ether oxygens (including phenoxy) is 1. The molecule has 2 aliphatic heterocycles. The van der Waals surface area contributed by atoms with Crippen LogP contribution in [0.3, 0.4) is 0 Å². The second-order valence-corrected chi connectivity index (χ2v) is 8.89. The van der Waals surface area contributed by atoms with Gasteiger partial charge in [-0.15, -0.1) is 0 Å². The number of amides is 2. The van der Waals surface area contributed by atoms with Crippen molar-refractivity contribution < 1.29 is 23.9 Å². The Bertz CT molecular complexity index is 1110. The Morgan fingerprint density at radius 3 is 2.48 bits per heavy atom. The summed E-state index contributed by atoms with van der Waals surface area (Å²) in [7, 11) is 0. The third kappa shape index (κ3) is 3.08. The number of ketones is 1. The predicted octanol–water partition coefficient (Wildman–Crippen LogP) is 3.32. The van der Waals surface area contributed by atoms with Gasteiger partial charge in [-0.25, -0.2) is 4.79 Å². The minimum absolute atomic E-state index is 0.121. The summed E-state index contributed by atoms with van der Waals surface area (Å²) in [4.78, 5) is 55.2. The van der Waals surface area contributed by atoms with E-state index in [-0.39, 0.29) is 36.5 Å². The maximum Gasteiger partial charge on any atom is 0.354 e. The quantitative estimate of drug-likeness (QED) is 0.482. The normalized spacial score (nSPS) is 22.2. The van der Waals surface area contributed by atoms with Crippen LogP contribution < -0.4 is 4.90 Å². The van der Waals surface area contributed by atoms with E-state index in [1.165, 1.54) is 9.80 Å². The lowest BCUT2D eigenvalue weighted by atomic mass is 9.96. The standard InChI is InChI=1S/C23H19BrN2O5/c24-15-7-5-14(6-8-15)19(27)13-31-22(30)23-12-11-20(28)26(23)18-4-2-1-3-17(18)21(29)25(23)16-9-10-16/h1-8,16H,9-13H2. The Hall–Kier alpha value is -3.00. The number of hydrogen-bond acceptors (Lipinski definition) is 5. The van der Waals surface area contributed by atoms with Crippen molar-refractivity contribution in [3.63, 3.8) is 0 Å². The van der Waals surface area contributed by atoms with Gasteiger partial charge in [0.2, 0.25) is 11.6 Å². The molecule has 5 rings (SSSR count). The van der Waals surface area contributed by atoms with Gasteiger partial charge >= 0.3 is 5.97 Å². The second kappa shape index (κ2) is 7.30. The van der Waals surface area contributed by atoms with E-state index in [1.807, 2.05) is 0 Å². The smallest absolute Gasteiger partial charge is 0.354 e. The number of hydrogen-bond donors (Lipinski definition) is 0. The van der Waals surface area contributed by atoms with Crippen LogP contribution in [0.2, 0.25) is 0 Å². The van der Waals surface area contributed by atoms with E-state index in [0.717, 1.165) is 17.3 Å². The topological polar surface area (TPSA) is 84.0 Å². The number of nitrogens with zero attached hydrogens (tertiary/aromatic N) is 2. The van der Waals surface area contributed by atoms with Crippen LogP contribution in [0.5, 0.6) is 0 Å². The highest BCUT2D eigenvalue weighted by molar-refractivity contribution is 9.10. The minimum Gasteiger partial charge on any atom is -0.454 e. The summed E-state index contributed by atoms with van der Waals surface area (Å²) in [5.41, 5.74) is -0.303. The van der Waals surface area contributed by atoms with Crippen molar-refractivity contribution in [1.29, 1.82) is 0 Å². The number of halogens is 1. The van der Waals surface area contributed by atoms with Crippen LogP contribution in [-0.2, 0) is 14.3 Å². The molecular weight excluding hydrogens is 464 g/mol. The molecule has 1 saturated heterocycles. The zero-order valence-corrected chi connectivity index (χ0v) is 18.1. The van der Waals surface area contributed by atoms with Crippen LogP contribution in [0, 0.1) is 0 Å². The van der Waals surface area contributed by atoms with Gasteiger partial charge in [-0.2, -0.15) is 0 Å². The maximum atomic E-state index is 13.5. The monoisotopic (exact) mass is 482 g/mol. The van der Waals surface area contributed by atoms with Crippen LogP contribution in [0.25, 0.3) is 0 Å². The highest BCUT2D eigenvalue weighted by atomic mass is 79.9. The SMILES string of the molecule is O=C(COC(=O)C12CCC(=O)N1c1ccccc1C(=O)N2C1CC1)c1ccc(Br)cc1. The van der Waals surface area contributed by atoms with Gasteiger partial charge in [-0.3, -0.25) is 19.3 Å². The van der Waals surface area contributed by atoms with Gasteiger partial charge < -0.3 is 9.64 Å². The van der Waals surface area contributed by atoms with Crippen molar-refractivity contribution in [2.75, 3.05) is 11.5 Å². The summed E-state index contributed by atoms with van der Waals surface area (Å²) in [6.07, 6.45) is 1.81. The Morgan fingerprint density at radius 1 is 1.06 bits per heavy atom. The molecule has 0 bridgehead atoms. The molecule has 1 atom stereocenters. The predicted molar refractivity (Wildman–Crippen MR) is 115 cm³/mol.